The topological polar surface area (TPSA) is 99.4 Å². The van der Waals surface area contributed by atoms with Crippen LogP contribution < -0.4 is 5.32 Å². The average Bonchev–Trinajstić information content (AvgIpc) is 3.22. The summed E-state index contributed by atoms with van der Waals surface area (Å²) >= 11 is 1.20. The van der Waals surface area contributed by atoms with Gasteiger partial charge in [-0.15, -0.1) is 0 Å². The number of rotatable bonds is 5. The third-order valence-corrected chi connectivity index (χ3v) is 4.78. The van der Waals surface area contributed by atoms with Crippen LogP contribution in [0.5, 0.6) is 0 Å². The summed E-state index contributed by atoms with van der Waals surface area (Å²) in [7, 11) is 0. The Balaban J connectivity index is 1.92. The van der Waals surface area contributed by atoms with Gasteiger partial charge in [0.2, 0.25) is 5.91 Å². The molecule has 0 unspecified atom stereocenters. The van der Waals surface area contributed by atoms with Crippen LogP contribution in [0, 0.1) is 31.0 Å². The Hall–Kier alpha value is -3.12. The number of aromatic nitrogens is 4. The van der Waals surface area contributed by atoms with E-state index in [-0.39, 0.29) is 17.5 Å². The number of nitriles is 1. The number of nitrogens with one attached hydrogen (secondary N) is 2. The summed E-state index contributed by atoms with van der Waals surface area (Å²) in [6.07, 6.45) is 1.36. The highest BCUT2D eigenvalue weighted by atomic mass is 32.2. The minimum Gasteiger partial charge on any atom is -0.310 e. The second kappa shape index (κ2) is 7.41. The summed E-state index contributed by atoms with van der Waals surface area (Å²) in [6, 6.07) is 8.00. The van der Waals surface area contributed by atoms with E-state index in [0.717, 1.165) is 11.3 Å². The van der Waals surface area contributed by atoms with Gasteiger partial charge in [0, 0.05) is 11.4 Å². The van der Waals surface area contributed by atoms with E-state index in [1.54, 1.807) is 16.7 Å². The van der Waals surface area contributed by atoms with Crippen molar-refractivity contribution in [1.29, 1.82) is 5.26 Å². The third kappa shape index (κ3) is 3.45. The molecule has 3 aromatic rings. The van der Waals surface area contributed by atoms with Crippen molar-refractivity contribution in [2.45, 2.75) is 19.0 Å². The Bertz CT molecular complexity index is 972. The van der Waals surface area contributed by atoms with Crippen molar-refractivity contribution in [1.82, 2.24) is 19.7 Å². The van der Waals surface area contributed by atoms with E-state index in [9.17, 15) is 14.4 Å². The van der Waals surface area contributed by atoms with Gasteiger partial charge < -0.3 is 5.32 Å². The van der Waals surface area contributed by atoms with Crippen molar-refractivity contribution in [2.75, 3.05) is 11.1 Å². The van der Waals surface area contributed by atoms with Gasteiger partial charge in [0.05, 0.1) is 11.3 Å². The number of halogens is 1. The molecule has 0 bridgehead atoms. The first-order chi connectivity index (χ1) is 12.5. The molecule has 7 nitrogen and oxygen atoms in total. The van der Waals surface area contributed by atoms with Crippen LogP contribution in [0.3, 0.4) is 0 Å². The van der Waals surface area contributed by atoms with Gasteiger partial charge in [0.15, 0.2) is 5.16 Å². The number of H-pyrrole nitrogens is 1. The van der Waals surface area contributed by atoms with E-state index in [0.29, 0.717) is 22.2 Å². The molecular formula is C17H15FN6OS. The molecule has 0 saturated carbocycles. The van der Waals surface area contributed by atoms with Gasteiger partial charge in [-0.25, -0.2) is 9.37 Å². The van der Waals surface area contributed by atoms with Crippen LogP contribution in [0.2, 0.25) is 0 Å². The fourth-order valence-electron chi connectivity index (χ4n) is 2.54. The molecule has 0 aliphatic carbocycles. The average molecular weight is 370 g/mol. The van der Waals surface area contributed by atoms with Crippen LogP contribution in [0.1, 0.15) is 16.8 Å². The van der Waals surface area contributed by atoms with Crippen molar-refractivity contribution >= 4 is 23.5 Å². The highest BCUT2D eigenvalue weighted by Gasteiger charge is 2.20. The smallest absolute Gasteiger partial charge is 0.236 e. The van der Waals surface area contributed by atoms with E-state index in [2.05, 4.69) is 26.6 Å². The molecule has 132 valence electrons. The summed E-state index contributed by atoms with van der Waals surface area (Å²) in [4.78, 5) is 16.3. The molecule has 3 rings (SSSR count). The number of nitrogens with zero attached hydrogens (tertiary/aromatic N) is 4. The molecule has 0 fully saturated rings. The SMILES string of the molecule is Cc1c(C#N)c(NC(=O)CSc2ncn[nH]2)n(-c2ccc(F)cc2)c1C. The summed E-state index contributed by atoms with van der Waals surface area (Å²) in [6.45, 7) is 3.66. The van der Waals surface area contributed by atoms with Crippen LogP contribution in [-0.2, 0) is 4.79 Å². The molecule has 1 aromatic carbocycles. The summed E-state index contributed by atoms with van der Waals surface area (Å²) in [5, 5.41) is 19.2. The number of anilines is 1. The molecule has 0 spiro atoms. The summed E-state index contributed by atoms with van der Waals surface area (Å²) in [5.74, 6) is -0.168. The molecule has 0 aliphatic rings. The zero-order valence-corrected chi connectivity index (χ0v) is 14.9. The number of hydrogen-bond donors (Lipinski definition) is 2. The largest absolute Gasteiger partial charge is 0.310 e. The minimum absolute atomic E-state index is 0.104. The normalized spacial score (nSPS) is 10.5. The predicted octanol–water partition coefficient (Wildman–Crippen LogP) is 2.95. The van der Waals surface area contributed by atoms with Crippen molar-refractivity contribution < 1.29 is 9.18 Å². The molecule has 9 heteroatoms. The maximum absolute atomic E-state index is 13.3. The van der Waals surface area contributed by atoms with E-state index >= 15 is 0 Å². The molecule has 2 aromatic heterocycles. The van der Waals surface area contributed by atoms with Crippen LogP contribution in [0.25, 0.3) is 5.69 Å². The van der Waals surface area contributed by atoms with Gasteiger partial charge in [-0.05, 0) is 43.7 Å². The number of thioether (sulfide) groups is 1. The maximum Gasteiger partial charge on any atom is 0.236 e. The quantitative estimate of drug-likeness (QED) is 0.673. The minimum atomic E-state index is -0.357. The summed E-state index contributed by atoms with van der Waals surface area (Å²) < 4.78 is 15.0. The molecule has 26 heavy (non-hydrogen) atoms. The number of benzene rings is 1. The number of carbonyl (C=O) groups excluding carboxylic acids is 1. The highest BCUT2D eigenvalue weighted by molar-refractivity contribution is 7.99. The van der Waals surface area contributed by atoms with Crippen molar-refractivity contribution in [3.8, 4) is 11.8 Å². The van der Waals surface area contributed by atoms with Gasteiger partial charge in [-0.2, -0.15) is 10.4 Å². The number of hydrogen-bond acceptors (Lipinski definition) is 5. The lowest BCUT2D eigenvalue weighted by molar-refractivity contribution is -0.113. The lowest BCUT2D eigenvalue weighted by Gasteiger charge is -2.13. The van der Waals surface area contributed by atoms with Gasteiger partial charge >= 0.3 is 0 Å². The Labute approximate surface area is 153 Å². The molecular weight excluding hydrogens is 355 g/mol. The van der Waals surface area contributed by atoms with Crippen LogP contribution in [0.4, 0.5) is 10.2 Å². The lowest BCUT2D eigenvalue weighted by Crippen LogP contribution is -2.17. The first-order valence-electron chi connectivity index (χ1n) is 7.67. The highest BCUT2D eigenvalue weighted by Crippen LogP contribution is 2.30. The Morgan fingerprint density at radius 1 is 1.38 bits per heavy atom. The molecule has 1 amide bonds. The van der Waals surface area contributed by atoms with Crippen LogP contribution in [0.15, 0.2) is 35.7 Å². The summed E-state index contributed by atoms with van der Waals surface area (Å²) in [5.41, 5.74) is 2.60. The molecule has 0 aliphatic heterocycles. The van der Waals surface area contributed by atoms with E-state index in [4.69, 9.17) is 0 Å². The molecule has 0 saturated heterocycles. The Morgan fingerprint density at radius 2 is 2.12 bits per heavy atom. The number of amides is 1. The first kappa shape index (κ1) is 17.7. The zero-order valence-electron chi connectivity index (χ0n) is 14.1. The van der Waals surface area contributed by atoms with E-state index in [1.165, 1.54) is 30.2 Å². The molecule has 0 radical (unpaired) electrons. The van der Waals surface area contributed by atoms with Gasteiger partial charge in [-0.3, -0.25) is 14.5 Å². The number of carbonyl (C=O) groups is 1. The third-order valence-electron chi connectivity index (χ3n) is 3.90. The first-order valence-corrected chi connectivity index (χ1v) is 8.65. The standard InChI is InChI=1S/C17H15FN6OS/c1-10-11(2)24(13-5-3-12(18)4-6-13)16(14(10)7-19)22-15(25)8-26-17-20-9-21-23-17/h3-6,9H,8H2,1-2H3,(H,22,25)(H,20,21,23). The maximum atomic E-state index is 13.3. The Morgan fingerprint density at radius 3 is 2.73 bits per heavy atom. The van der Waals surface area contributed by atoms with Crippen molar-refractivity contribution in [3.05, 3.63) is 53.2 Å². The zero-order chi connectivity index (χ0) is 18.7. The van der Waals surface area contributed by atoms with Gasteiger partial charge in [0.25, 0.3) is 0 Å². The second-order valence-corrected chi connectivity index (χ2v) is 6.45. The van der Waals surface area contributed by atoms with Gasteiger partial charge in [0.1, 0.15) is 24.0 Å². The van der Waals surface area contributed by atoms with Crippen LogP contribution in [-0.4, -0.2) is 31.4 Å². The van der Waals surface area contributed by atoms with Gasteiger partial charge in [-0.1, -0.05) is 11.8 Å². The number of aromatic amines is 1. The fraction of sp³-hybridized carbons (Fsp3) is 0.176. The van der Waals surface area contributed by atoms with Crippen molar-refractivity contribution in [3.63, 3.8) is 0 Å². The second-order valence-electron chi connectivity index (χ2n) is 5.49. The lowest BCUT2D eigenvalue weighted by atomic mass is 10.2. The van der Waals surface area contributed by atoms with E-state index < -0.39 is 0 Å². The predicted molar refractivity (Wildman–Crippen MR) is 95.7 cm³/mol. The van der Waals surface area contributed by atoms with Crippen LogP contribution >= 0.6 is 11.8 Å². The molecule has 2 heterocycles. The fourth-order valence-corrected chi connectivity index (χ4v) is 3.12. The molecule has 2 N–H and O–H groups in total. The van der Waals surface area contributed by atoms with E-state index in [1.807, 2.05) is 13.8 Å². The monoisotopic (exact) mass is 370 g/mol. The molecule has 0 atom stereocenters. The Kier molecular flexibility index (Phi) is 5.04. The van der Waals surface area contributed by atoms with Crippen molar-refractivity contribution in [2.24, 2.45) is 0 Å².